The molecule has 23 heavy (non-hydrogen) atoms. The summed E-state index contributed by atoms with van der Waals surface area (Å²) in [7, 11) is 0. The molecule has 0 spiro atoms. The second kappa shape index (κ2) is 6.72. The summed E-state index contributed by atoms with van der Waals surface area (Å²) in [5.74, 6) is -1.79. The predicted molar refractivity (Wildman–Crippen MR) is 84.4 cm³/mol. The van der Waals surface area contributed by atoms with E-state index in [1.54, 1.807) is 16.2 Å². The maximum absolute atomic E-state index is 13.2. The molecule has 7 heteroatoms. The third kappa shape index (κ3) is 3.92. The molecule has 0 N–H and O–H groups in total. The lowest BCUT2D eigenvalue weighted by atomic mass is 10.1. The summed E-state index contributed by atoms with van der Waals surface area (Å²) < 4.78 is 26.5. The van der Waals surface area contributed by atoms with Gasteiger partial charge in [-0.1, -0.05) is 0 Å². The number of carbonyl (C=O) groups is 1. The molecule has 0 aliphatic carbocycles. The van der Waals surface area contributed by atoms with Gasteiger partial charge in [0.1, 0.15) is 11.6 Å². The highest BCUT2D eigenvalue weighted by molar-refractivity contribution is 7.09. The SMILES string of the molecule is Cc1nc(CN2CCN(C(=O)c3cc(F)cc(F)c3)CC2)cs1. The van der Waals surface area contributed by atoms with E-state index in [9.17, 15) is 13.6 Å². The van der Waals surface area contributed by atoms with Crippen LogP contribution in [-0.4, -0.2) is 46.9 Å². The van der Waals surface area contributed by atoms with Crippen LogP contribution in [0.2, 0.25) is 0 Å². The first-order chi connectivity index (χ1) is 11.0. The quantitative estimate of drug-likeness (QED) is 0.864. The van der Waals surface area contributed by atoms with Gasteiger partial charge in [0.25, 0.3) is 5.91 Å². The second-order valence-electron chi connectivity index (χ2n) is 5.58. The van der Waals surface area contributed by atoms with Crippen LogP contribution in [0.4, 0.5) is 8.78 Å². The highest BCUT2D eigenvalue weighted by Gasteiger charge is 2.23. The molecule has 0 saturated carbocycles. The molecule has 1 saturated heterocycles. The van der Waals surface area contributed by atoms with Crippen LogP contribution in [0.5, 0.6) is 0 Å². The molecule has 0 unspecified atom stereocenters. The monoisotopic (exact) mass is 337 g/mol. The summed E-state index contributed by atoms with van der Waals surface area (Å²) in [5, 5.41) is 3.09. The van der Waals surface area contributed by atoms with Crippen LogP contribution < -0.4 is 0 Å². The Morgan fingerprint density at radius 3 is 2.39 bits per heavy atom. The number of thiazole rings is 1. The van der Waals surface area contributed by atoms with Crippen LogP contribution in [0.3, 0.4) is 0 Å². The minimum atomic E-state index is -0.731. The van der Waals surface area contributed by atoms with Gasteiger partial charge in [0.2, 0.25) is 0 Å². The van der Waals surface area contributed by atoms with E-state index in [1.807, 2.05) is 12.3 Å². The van der Waals surface area contributed by atoms with Crippen LogP contribution in [0.25, 0.3) is 0 Å². The van der Waals surface area contributed by atoms with Gasteiger partial charge in [0.05, 0.1) is 10.7 Å². The minimum Gasteiger partial charge on any atom is -0.336 e. The van der Waals surface area contributed by atoms with Gasteiger partial charge in [-0.3, -0.25) is 9.69 Å². The maximum Gasteiger partial charge on any atom is 0.254 e. The number of halogens is 2. The lowest BCUT2D eigenvalue weighted by Crippen LogP contribution is -2.48. The van der Waals surface area contributed by atoms with Crippen molar-refractivity contribution in [1.82, 2.24) is 14.8 Å². The number of hydrogen-bond acceptors (Lipinski definition) is 4. The zero-order valence-electron chi connectivity index (χ0n) is 12.8. The van der Waals surface area contributed by atoms with Crippen LogP contribution in [0, 0.1) is 18.6 Å². The molecule has 1 aromatic heterocycles. The first kappa shape index (κ1) is 16.0. The molecule has 1 aliphatic rings. The van der Waals surface area contributed by atoms with Gasteiger partial charge < -0.3 is 4.90 Å². The van der Waals surface area contributed by atoms with Gasteiger partial charge in [-0.2, -0.15) is 0 Å². The van der Waals surface area contributed by atoms with Crippen LogP contribution in [0.15, 0.2) is 23.6 Å². The Balaban J connectivity index is 1.58. The zero-order chi connectivity index (χ0) is 16.4. The molecule has 4 nitrogen and oxygen atoms in total. The minimum absolute atomic E-state index is 0.0612. The molecule has 0 bridgehead atoms. The van der Waals surface area contributed by atoms with Crippen molar-refractivity contribution in [1.29, 1.82) is 0 Å². The number of aromatic nitrogens is 1. The Labute approximate surface area is 137 Å². The van der Waals surface area contributed by atoms with Crippen molar-refractivity contribution >= 4 is 17.2 Å². The Morgan fingerprint density at radius 2 is 1.83 bits per heavy atom. The summed E-state index contributed by atoms with van der Waals surface area (Å²) in [5.41, 5.74) is 1.10. The topological polar surface area (TPSA) is 36.4 Å². The maximum atomic E-state index is 13.2. The molecule has 3 rings (SSSR count). The van der Waals surface area contributed by atoms with Gasteiger partial charge in [-0.15, -0.1) is 11.3 Å². The molecule has 122 valence electrons. The Kier molecular flexibility index (Phi) is 4.68. The van der Waals surface area contributed by atoms with Crippen LogP contribution >= 0.6 is 11.3 Å². The molecule has 0 atom stereocenters. The summed E-state index contributed by atoms with van der Waals surface area (Å²) in [6.45, 7) is 5.27. The third-order valence-corrected chi connectivity index (χ3v) is 4.64. The summed E-state index contributed by atoms with van der Waals surface area (Å²) >= 11 is 1.63. The molecule has 0 radical (unpaired) electrons. The van der Waals surface area contributed by atoms with Crippen molar-refractivity contribution in [2.75, 3.05) is 26.2 Å². The number of amides is 1. The zero-order valence-corrected chi connectivity index (χ0v) is 13.6. The first-order valence-electron chi connectivity index (χ1n) is 7.40. The van der Waals surface area contributed by atoms with E-state index >= 15 is 0 Å². The Bertz CT molecular complexity index is 691. The lowest BCUT2D eigenvalue weighted by molar-refractivity contribution is 0.0626. The first-order valence-corrected chi connectivity index (χ1v) is 8.28. The van der Waals surface area contributed by atoms with Crippen molar-refractivity contribution in [2.45, 2.75) is 13.5 Å². The average Bonchev–Trinajstić information content (AvgIpc) is 2.91. The molecule has 1 amide bonds. The summed E-state index contributed by atoms with van der Waals surface area (Å²) in [4.78, 5) is 20.6. The van der Waals surface area contributed by atoms with E-state index in [-0.39, 0.29) is 11.5 Å². The fourth-order valence-electron chi connectivity index (χ4n) is 2.68. The molecular formula is C16H17F2N3OS. The Hall–Kier alpha value is -1.86. The average molecular weight is 337 g/mol. The van der Waals surface area contributed by atoms with Crippen molar-refractivity contribution in [2.24, 2.45) is 0 Å². The van der Waals surface area contributed by atoms with Crippen molar-refractivity contribution < 1.29 is 13.6 Å². The van der Waals surface area contributed by atoms with Gasteiger partial charge in [-0.05, 0) is 19.1 Å². The van der Waals surface area contributed by atoms with Gasteiger partial charge in [-0.25, -0.2) is 13.8 Å². The van der Waals surface area contributed by atoms with E-state index in [2.05, 4.69) is 9.88 Å². The van der Waals surface area contributed by atoms with Crippen molar-refractivity contribution in [3.8, 4) is 0 Å². The van der Waals surface area contributed by atoms with E-state index in [4.69, 9.17) is 0 Å². The van der Waals surface area contributed by atoms with Gasteiger partial charge in [0, 0.05) is 49.7 Å². The number of benzene rings is 1. The second-order valence-corrected chi connectivity index (χ2v) is 6.65. The molecular weight excluding hydrogens is 320 g/mol. The number of rotatable bonds is 3. The summed E-state index contributed by atoms with van der Waals surface area (Å²) in [6.07, 6.45) is 0. The van der Waals surface area contributed by atoms with E-state index < -0.39 is 11.6 Å². The van der Waals surface area contributed by atoms with E-state index in [1.165, 1.54) is 0 Å². The largest absolute Gasteiger partial charge is 0.336 e. The van der Waals surface area contributed by atoms with Gasteiger partial charge in [0.15, 0.2) is 0 Å². The number of nitrogens with zero attached hydrogens (tertiary/aromatic N) is 3. The smallest absolute Gasteiger partial charge is 0.254 e. The number of hydrogen-bond donors (Lipinski definition) is 0. The molecule has 1 aromatic carbocycles. The number of piperazine rings is 1. The molecule has 2 heterocycles. The molecule has 1 aliphatic heterocycles. The van der Waals surface area contributed by atoms with Crippen LogP contribution in [-0.2, 0) is 6.54 Å². The fourth-order valence-corrected chi connectivity index (χ4v) is 3.28. The number of carbonyl (C=O) groups excluding carboxylic acids is 1. The standard InChI is InChI=1S/C16H17F2N3OS/c1-11-19-15(10-23-11)9-20-2-4-21(5-3-20)16(22)12-6-13(17)8-14(18)7-12/h6-8,10H,2-5,9H2,1H3. The molecule has 1 fully saturated rings. The summed E-state index contributed by atoms with van der Waals surface area (Å²) in [6, 6.07) is 2.93. The highest BCUT2D eigenvalue weighted by atomic mass is 32.1. The van der Waals surface area contributed by atoms with E-state index in [0.29, 0.717) is 13.1 Å². The van der Waals surface area contributed by atoms with Crippen LogP contribution in [0.1, 0.15) is 21.1 Å². The van der Waals surface area contributed by atoms with Crippen molar-refractivity contribution in [3.63, 3.8) is 0 Å². The van der Waals surface area contributed by atoms with E-state index in [0.717, 1.165) is 48.5 Å². The fraction of sp³-hybridized carbons (Fsp3) is 0.375. The predicted octanol–water partition coefficient (Wildman–Crippen LogP) is 2.69. The lowest BCUT2D eigenvalue weighted by Gasteiger charge is -2.34. The van der Waals surface area contributed by atoms with Crippen molar-refractivity contribution in [3.05, 3.63) is 51.5 Å². The normalized spacial score (nSPS) is 15.9. The highest BCUT2D eigenvalue weighted by Crippen LogP contribution is 2.15. The Morgan fingerprint density at radius 1 is 1.17 bits per heavy atom. The van der Waals surface area contributed by atoms with Gasteiger partial charge >= 0.3 is 0 Å². The number of aryl methyl sites for hydroxylation is 1. The molecule has 2 aromatic rings. The third-order valence-electron chi connectivity index (χ3n) is 3.82.